The summed E-state index contributed by atoms with van der Waals surface area (Å²) in [6.07, 6.45) is 0.630. The fraction of sp³-hybridized carbons (Fsp3) is 0.385. The molecule has 20 heavy (non-hydrogen) atoms. The first kappa shape index (κ1) is 16.4. The van der Waals surface area contributed by atoms with Crippen LogP contribution in [0.15, 0.2) is 22.7 Å². The highest BCUT2D eigenvalue weighted by Crippen LogP contribution is 2.23. The number of nitrogens with one attached hydrogen (secondary N) is 1. The molecule has 0 fully saturated rings. The van der Waals surface area contributed by atoms with Crippen molar-refractivity contribution in [1.29, 1.82) is 0 Å². The number of amides is 2. The van der Waals surface area contributed by atoms with Crippen molar-refractivity contribution in [2.75, 3.05) is 11.9 Å². The van der Waals surface area contributed by atoms with Crippen LogP contribution in [0.25, 0.3) is 0 Å². The van der Waals surface area contributed by atoms with Gasteiger partial charge >= 0.3 is 12.0 Å². The number of carbonyl (C=O) groups is 2. The highest BCUT2D eigenvalue weighted by Gasteiger charge is 2.22. The molecule has 1 atom stereocenters. The highest BCUT2D eigenvalue weighted by atomic mass is 79.9. The van der Waals surface area contributed by atoms with Crippen LogP contribution in [-0.4, -0.2) is 34.6 Å². The van der Waals surface area contributed by atoms with Crippen molar-refractivity contribution < 1.29 is 19.1 Å². The number of anilines is 1. The van der Waals surface area contributed by atoms with E-state index in [0.717, 1.165) is 0 Å². The average Bonchev–Trinajstić information content (AvgIpc) is 2.38. The van der Waals surface area contributed by atoms with Gasteiger partial charge in [0.25, 0.3) is 0 Å². The van der Waals surface area contributed by atoms with Crippen molar-refractivity contribution in [3.05, 3.63) is 28.5 Å². The molecule has 0 saturated heterocycles. The van der Waals surface area contributed by atoms with Gasteiger partial charge in [0.05, 0.1) is 5.69 Å². The van der Waals surface area contributed by atoms with Crippen LogP contribution in [0, 0.1) is 5.82 Å². The van der Waals surface area contributed by atoms with Gasteiger partial charge in [0, 0.05) is 10.5 Å². The van der Waals surface area contributed by atoms with Gasteiger partial charge in [-0.3, -0.25) is 4.79 Å². The predicted octanol–water partition coefficient (Wildman–Crippen LogP) is 3.31. The first-order valence-electron chi connectivity index (χ1n) is 6.09. The Kier molecular flexibility index (Phi) is 5.94. The molecule has 5 nitrogen and oxygen atoms in total. The minimum absolute atomic E-state index is 0.217. The SMILES string of the molecule is CCC(C)N(CC(=O)O)C(=O)Nc1ccc(F)cc1Br. The lowest BCUT2D eigenvalue weighted by Crippen LogP contribution is -2.44. The Morgan fingerprint density at radius 1 is 1.50 bits per heavy atom. The predicted molar refractivity (Wildman–Crippen MR) is 77.2 cm³/mol. The largest absolute Gasteiger partial charge is 0.480 e. The fourth-order valence-electron chi connectivity index (χ4n) is 1.57. The van der Waals surface area contributed by atoms with Crippen molar-refractivity contribution in [2.45, 2.75) is 26.3 Å². The quantitative estimate of drug-likeness (QED) is 0.859. The van der Waals surface area contributed by atoms with Crippen LogP contribution in [0.5, 0.6) is 0 Å². The molecule has 0 aliphatic heterocycles. The van der Waals surface area contributed by atoms with Crippen LogP contribution >= 0.6 is 15.9 Å². The number of carboxylic acid groups (broad SMARTS) is 1. The third kappa shape index (κ3) is 4.48. The monoisotopic (exact) mass is 346 g/mol. The zero-order valence-corrected chi connectivity index (χ0v) is 12.8. The molecule has 0 aromatic heterocycles. The molecule has 1 unspecified atom stereocenters. The third-order valence-corrected chi connectivity index (χ3v) is 3.52. The normalized spacial score (nSPS) is 11.8. The van der Waals surface area contributed by atoms with Crippen molar-refractivity contribution in [1.82, 2.24) is 4.90 Å². The first-order chi connectivity index (χ1) is 9.35. The molecule has 0 radical (unpaired) electrons. The summed E-state index contributed by atoms with van der Waals surface area (Å²) in [6.45, 7) is 3.24. The highest BCUT2D eigenvalue weighted by molar-refractivity contribution is 9.10. The summed E-state index contributed by atoms with van der Waals surface area (Å²) in [5.41, 5.74) is 0.384. The van der Waals surface area contributed by atoms with Crippen LogP contribution in [-0.2, 0) is 4.79 Å². The zero-order valence-electron chi connectivity index (χ0n) is 11.2. The lowest BCUT2D eigenvalue weighted by Gasteiger charge is -2.27. The molecular weight excluding hydrogens is 331 g/mol. The molecule has 0 spiro atoms. The summed E-state index contributed by atoms with van der Waals surface area (Å²) in [5, 5.41) is 11.4. The van der Waals surface area contributed by atoms with Gasteiger partial charge in [-0.25, -0.2) is 9.18 Å². The van der Waals surface area contributed by atoms with E-state index >= 15 is 0 Å². The molecule has 2 N–H and O–H groups in total. The average molecular weight is 347 g/mol. The number of urea groups is 1. The van der Waals surface area contributed by atoms with E-state index < -0.39 is 17.8 Å². The van der Waals surface area contributed by atoms with Gasteiger partial charge in [-0.1, -0.05) is 6.92 Å². The summed E-state index contributed by atoms with van der Waals surface area (Å²) in [4.78, 5) is 24.2. The van der Waals surface area contributed by atoms with Gasteiger partial charge in [0.15, 0.2) is 0 Å². The number of halogens is 2. The zero-order chi connectivity index (χ0) is 15.3. The number of aliphatic carboxylic acids is 1. The second kappa shape index (κ2) is 7.23. The van der Waals surface area contributed by atoms with E-state index in [-0.39, 0.29) is 12.6 Å². The Labute approximate surface area is 124 Å². The van der Waals surface area contributed by atoms with Gasteiger partial charge in [-0.2, -0.15) is 0 Å². The molecule has 0 aliphatic rings. The molecule has 7 heteroatoms. The number of hydrogen-bond acceptors (Lipinski definition) is 2. The van der Waals surface area contributed by atoms with Gasteiger partial charge in [0.2, 0.25) is 0 Å². The van der Waals surface area contributed by atoms with Crippen LogP contribution in [0.2, 0.25) is 0 Å². The number of carboxylic acids is 1. The van der Waals surface area contributed by atoms with E-state index in [0.29, 0.717) is 16.6 Å². The first-order valence-corrected chi connectivity index (χ1v) is 6.89. The van der Waals surface area contributed by atoms with E-state index in [1.165, 1.54) is 23.1 Å². The van der Waals surface area contributed by atoms with E-state index in [9.17, 15) is 14.0 Å². The minimum atomic E-state index is -1.08. The van der Waals surface area contributed by atoms with Crippen molar-refractivity contribution in [2.24, 2.45) is 0 Å². The van der Waals surface area contributed by atoms with Crippen LogP contribution in [0.4, 0.5) is 14.9 Å². The van der Waals surface area contributed by atoms with Crippen LogP contribution in [0.1, 0.15) is 20.3 Å². The van der Waals surface area contributed by atoms with Crippen molar-refractivity contribution in [3.8, 4) is 0 Å². The maximum Gasteiger partial charge on any atom is 0.323 e. The smallest absolute Gasteiger partial charge is 0.323 e. The van der Waals surface area contributed by atoms with Crippen molar-refractivity contribution in [3.63, 3.8) is 0 Å². The Balaban J connectivity index is 2.87. The van der Waals surface area contributed by atoms with Gasteiger partial charge in [-0.05, 0) is 47.5 Å². The number of nitrogens with zero attached hydrogens (tertiary/aromatic N) is 1. The molecule has 1 rings (SSSR count). The Hall–Kier alpha value is -1.63. The molecule has 0 aliphatic carbocycles. The molecule has 1 aromatic carbocycles. The van der Waals surface area contributed by atoms with Crippen molar-refractivity contribution >= 4 is 33.6 Å². The molecule has 0 saturated carbocycles. The van der Waals surface area contributed by atoms with E-state index in [1.807, 2.05) is 6.92 Å². The van der Waals surface area contributed by atoms with E-state index in [1.54, 1.807) is 6.92 Å². The lowest BCUT2D eigenvalue weighted by atomic mass is 10.2. The molecule has 0 heterocycles. The second-order valence-electron chi connectivity index (χ2n) is 4.33. The number of hydrogen-bond donors (Lipinski definition) is 2. The standard InChI is InChI=1S/C13H16BrFN2O3/c1-3-8(2)17(7-12(18)19)13(20)16-11-5-4-9(15)6-10(11)14/h4-6,8H,3,7H2,1-2H3,(H,16,20)(H,18,19). The van der Waals surface area contributed by atoms with Crippen LogP contribution in [0.3, 0.4) is 0 Å². The summed E-state index contributed by atoms with van der Waals surface area (Å²) in [7, 11) is 0. The van der Waals surface area contributed by atoms with Gasteiger partial charge in [-0.15, -0.1) is 0 Å². The topological polar surface area (TPSA) is 69.6 Å². The summed E-state index contributed by atoms with van der Waals surface area (Å²) >= 11 is 3.14. The van der Waals surface area contributed by atoms with E-state index in [2.05, 4.69) is 21.2 Å². The van der Waals surface area contributed by atoms with Gasteiger partial charge < -0.3 is 15.3 Å². The molecular formula is C13H16BrFN2O3. The second-order valence-corrected chi connectivity index (χ2v) is 5.19. The Morgan fingerprint density at radius 2 is 2.15 bits per heavy atom. The third-order valence-electron chi connectivity index (χ3n) is 2.86. The number of benzene rings is 1. The lowest BCUT2D eigenvalue weighted by molar-refractivity contribution is -0.138. The summed E-state index contributed by atoms with van der Waals surface area (Å²) in [6, 6.07) is 3.10. The molecule has 0 bridgehead atoms. The van der Waals surface area contributed by atoms with E-state index in [4.69, 9.17) is 5.11 Å². The molecule has 2 amide bonds. The molecule has 110 valence electrons. The number of rotatable bonds is 5. The minimum Gasteiger partial charge on any atom is -0.480 e. The van der Waals surface area contributed by atoms with Crippen LogP contribution < -0.4 is 5.32 Å². The fourth-order valence-corrected chi connectivity index (χ4v) is 2.02. The van der Waals surface area contributed by atoms with Gasteiger partial charge in [0.1, 0.15) is 12.4 Å². The maximum atomic E-state index is 13.0. The Morgan fingerprint density at radius 3 is 2.65 bits per heavy atom. The summed E-state index contributed by atoms with van der Waals surface area (Å²) < 4.78 is 13.4. The maximum absolute atomic E-state index is 13.0. The summed E-state index contributed by atoms with van der Waals surface area (Å²) in [5.74, 6) is -1.52. The molecule has 1 aromatic rings. The number of carbonyl (C=O) groups excluding carboxylic acids is 1. The Bertz CT molecular complexity index is 510.